The number of nitrogens with two attached hydrogens (primary N) is 1. The summed E-state index contributed by atoms with van der Waals surface area (Å²) in [6.45, 7) is -1.48. The molecule has 1 fully saturated rings. The van der Waals surface area contributed by atoms with E-state index in [1.165, 1.54) is 0 Å². The number of halogens is 4. The smallest absolute Gasteiger partial charge is 0.330 e. The molecule has 10 heteroatoms. The van der Waals surface area contributed by atoms with E-state index in [2.05, 4.69) is 14.9 Å². The van der Waals surface area contributed by atoms with E-state index in [-0.39, 0.29) is 23.9 Å². The van der Waals surface area contributed by atoms with Crippen LogP contribution in [-0.2, 0) is 16.1 Å². The molecular formula is C11H15F4N3O3. The summed E-state index contributed by atoms with van der Waals surface area (Å²) < 4.78 is 64.0. The minimum Gasteiger partial charge on any atom is -0.367 e. The van der Waals surface area contributed by atoms with Gasteiger partial charge in [0.05, 0.1) is 6.10 Å². The number of hydrogen-bond donors (Lipinski definition) is 1. The number of alkyl halides is 4. The van der Waals surface area contributed by atoms with Crippen LogP contribution in [0.1, 0.15) is 30.7 Å². The highest BCUT2D eigenvalue weighted by Gasteiger charge is 2.41. The highest BCUT2D eigenvalue weighted by atomic mass is 19.3. The molecule has 1 aromatic heterocycles. The van der Waals surface area contributed by atoms with Gasteiger partial charge in [-0.05, 0) is 12.8 Å². The molecule has 0 radical (unpaired) electrons. The molecular weight excluding hydrogens is 298 g/mol. The first-order valence-electron chi connectivity index (χ1n) is 6.34. The molecule has 2 atom stereocenters. The van der Waals surface area contributed by atoms with Crippen molar-refractivity contribution in [3.05, 3.63) is 11.7 Å². The van der Waals surface area contributed by atoms with Gasteiger partial charge in [0.1, 0.15) is 19.3 Å². The van der Waals surface area contributed by atoms with Gasteiger partial charge in [0.2, 0.25) is 0 Å². The van der Waals surface area contributed by atoms with Crippen molar-refractivity contribution in [2.75, 3.05) is 13.2 Å². The fraction of sp³-hybridized carbons (Fsp3) is 0.818. The molecule has 21 heavy (non-hydrogen) atoms. The molecule has 2 N–H and O–H groups in total. The molecule has 1 aliphatic rings. The van der Waals surface area contributed by atoms with E-state index < -0.39 is 25.6 Å². The van der Waals surface area contributed by atoms with Crippen LogP contribution in [0, 0.1) is 0 Å². The molecule has 1 aromatic rings. The van der Waals surface area contributed by atoms with E-state index in [1.54, 1.807) is 0 Å². The van der Waals surface area contributed by atoms with Gasteiger partial charge >= 0.3 is 12.3 Å². The molecule has 2 rings (SSSR count). The minimum atomic E-state index is -4.20. The summed E-state index contributed by atoms with van der Waals surface area (Å²) in [5.74, 6) is -4.00. The largest absolute Gasteiger partial charge is 0.367 e. The van der Waals surface area contributed by atoms with Crippen molar-refractivity contribution in [3.8, 4) is 0 Å². The summed E-state index contributed by atoms with van der Waals surface area (Å²) >= 11 is 0. The minimum absolute atomic E-state index is 0.00475. The van der Waals surface area contributed by atoms with Gasteiger partial charge in [-0.15, -0.1) is 0 Å². The summed E-state index contributed by atoms with van der Waals surface area (Å²) in [6.07, 6.45) is -2.82. The molecule has 6 nitrogen and oxygen atoms in total. The lowest BCUT2D eigenvalue weighted by atomic mass is 10.2. The van der Waals surface area contributed by atoms with Crippen LogP contribution in [0.25, 0.3) is 0 Å². The van der Waals surface area contributed by atoms with E-state index in [9.17, 15) is 17.6 Å². The first kappa shape index (κ1) is 16.1. The third kappa shape index (κ3) is 4.11. The number of nitrogens with zero attached hydrogens (tertiary/aromatic N) is 2. The lowest BCUT2D eigenvalue weighted by Gasteiger charge is -2.14. The topological polar surface area (TPSA) is 83.4 Å². The lowest BCUT2D eigenvalue weighted by Crippen LogP contribution is -2.32. The highest BCUT2D eigenvalue weighted by molar-refractivity contribution is 4.92. The first-order valence-corrected chi connectivity index (χ1v) is 6.34. The molecule has 2 unspecified atom stereocenters. The van der Waals surface area contributed by atoms with Crippen LogP contribution in [-0.4, -0.2) is 41.7 Å². The summed E-state index contributed by atoms with van der Waals surface area (Å²) in [6, 6.07) is 0. The Morgan fingerprint density at radius 3 is 2.76 bits per heavy atom. The van der Waals surface area contributed by atoms with Gasteiger partial charge in [-0.1, -0.05) is 5.16 Å². The van der Waals surface area contributed by atoms with Crippen molar-refractivity contribution in [1.82, 2.24) is 10.1 Å². The summed E-state index contributed by atoms with van der Waals surface area (Å²) in [7, 11) is 0. The molecule has 0 aromatic carbocycles. The highest BCUT2D eigenvalue weighted by Crippen LogP contribution is 2.31. The van der Waals surface area contributed by atoms with E-state index in [1.807, 2.05) is 0 Å². The van der Waals surface area contributed by atoms with Gasteiger partial charge in [0, 0.05) is 6.54 Å². The number of ether oxygens (including phenoxy) is 2. The van der Waals surface area contributed by atoms with Crippen molar-refractivity contribution >= 4 is 0 Å². The van der Waals surface area contributed by atoms with Gasteiger partial charge in [-0.3, -0.25) is 0 Å². The number of rotatable bonds is 7. The molecule has 0 bridgehead atoms. The zero-order chi connectivity index (χ0) is 15.5. The second kappa shape index (κ2) is 6.67. The summed E-state index contributed by atoms with van der Waals surface area (Å²) in [5.41, 5.74) is 5.47. The third-order valence-electron chi connectivity index (χ3n) is 2.97. The maximum Gasteiger partial charge on any atom is 0.330 e. The molecule has 0 spiro atoms. The average Bonchev–Trinajstić information content (AvgIpc) is 3.06. The second-order valence-electron chi connectivity index (χ2n) is 4.66. The Bertz CT molecular complexity index is 458. The monoisotopic (exact) mass is 313 g/mol. The molecule has 120 valence electrons. The van der Waals surface area contributed by atoms with Gasteiger partial charge in [-0.25, -0.2) is 8.78 Å². The maximum absolute atomic E-state index is 12.6. The Balaban J connectivity index is 1.81. The van der Waals surface area contributed by atoms with Crippen LogP contribution < -0.4 is 5.73 Å². The maximum atomic E-state index is 12.6. The quantitative estimate of drug-likeness (QED) is 0.771. The first-order chi connectivity index (χ1) is 9.92. The van der Waals surface area contributed by atoms with E-state index in [0.29, 0.717) is 13.0 Å². The fourth-order valence-corrected chi connectivity index (χ4v) is 1.86. The van der Waals surface area contributed by atoms with Crippen LogP contribution in [0.5, 0.6) is 0 Å². The van der Waals surface area contributed by atoms with Gasteiger partial charge < -0.3 is 19.7 Å². The number of aromatic nitrogens is 2. The Morgan fingerprint density at radius 1 is 1.38 bits per heavy atom. The molecule has 1 aliphatic heterocycles. The van der Waals surface area contributed by atoms with E-state index >= 15 is 0 Å². The van der Waals surface area contributed by atoms with Crippen molar-refractivity contribution in [2.45, 2.75) is 44.0 Å². The number of hydrogen-bond acceptors (Lipinski definition) is 6. The van der Waals surface area contributed by atoms with Crippen molar-refractivity contribution in [1.29, 1.82) is 0 Å². The lowest BCUT2D eigenvalue weighted by molar-refractivity contribution is -0.168. The van der Waals surface area contributed by atoms with Gasteiger partial charge in [0.15, 0.2) is 5.82 Å². The second-order valence-corrected chi connectivity index (χ2v) is 4.66. The SMILES string of the molecule is NCC1CCC(c2nc(COCC(F)(F)C(F)F)no2)O1. The standard InChI is InChI=1S/C11H15F4N3O3/c12-10(13)11(14,15)5-19-4-8-17-9(21-18-8)7-2-1-6(3-16)20-7/h6-7,10H,1-5,16H2. The Labute approximate surface area is 117 Å². The zero-order valence-corrected chi connectivity index (χ0v) is 11.0. The third-order valence-corrected chi connectivity index (χ3v) is 2.97. The zero-order valence-electron chi connectivity index (χ0n) is 11.0. The van der Waals surface area contributed by atoms with Crippen molar-refractivity contribution in [3.63, 3.8) is 0 Å². The van der Waals surface area contributed by atoms with Crippen LogP contribution in [0.3, 0.4) is 0 Å². The van der Waals surface area contributed by atoms with E-state index in [0.717, 1.165) is 6.42 Å². The predicted octanol–water partition coefficient (Wildman–Crippen LogP) is 1.67. The van der Waals surface area contributed by atoms with Gasteiger partial charge in [-0.2, -0.15) is 13.8 Å². The van der Waals surface area contributed by atoms with Crippen LogP contribution in [0.4, 0.5) is 17.6 Å². The van der Waals surface area contributed by atoms with Crippen LogP contribution in [0.15, 0.2) is 4.52 Å². The summed E-state index contributed by atoms with van der Waals surface area (Å²) in [5, 5.41) is 3.52. The van der Waals surface area contributed by atoms with Crippen LogP contribution >= 0.6 is 0 Å². The van der Waals surface area contributed by atoms with Crippen molar-refractivity contribution in [2.24, 2.45) is 5.73 Å². The molecule has 2 heterocycles. The van der Waals surface area contributed by atoms with Crippen molar-refractivity contribution < 1.29 is 31.6 Å². The molecule has 1 saturated heterocycles. The Kier molecular flexibility index (Phi) is 5.12. The normalized spacial score (nSPS) is 23.1. The Morgan fingerprint density at radius 2 is 2.14 bits per heavy atom. The van der Waals surface area contributed by atoms with Crippen LogP contribution in [0.2, 0.25) is 0 Å². The average molecular weight is 313 g/mol. The molecule has 0 aliphatic carbocycles. The van der Waals surface area contributed by atoms with Gasteiger partial charge in [0.25, 0.3) is 5.89 Å². The Hall–Kier alpha value is -1.26. The van der Waals surface area contributed by atoms with E-state index in [4.69, 9.17) is 15.0 Å². The molecule has 0 amide bonds. The summed E-state index contributed by atoms with van der Waals surface area (Å²) in [4.78, 5) is 3.92. The molecule has 0 saturated carbocycles. The fourth-order valence-electron chi connectivity index (χ4n) is 1.86. The predicted molar refractivity (Wildman–Crippen MR) is 60.8 cm³/mol.